The molecule has 1 N–H and O–H groups in total. The summed E-state index contributed by atoms with van der Waals surface area (Å²) in [5, 5.41) is 9.14. The summed E-state index contributed by atoms with van der Waals surface area (Å²) in [5.41, 5.74) is 0.621. The van der Waals surface area contributed by atoms with Gasteiger partial charge in [-0.2, -0.15) is 0 Å². The Morgan fingerprint density at radius 2 is 1.85 bits per heavy atom. The fourth-order valence-electron chi connectivity index (χ4n) is 3.18. The first-order valence-corrected chi connectivity index (χ1v) is 8.81. The number of carboxylic acid groups (broad SMARTS) is 1. The van der Waals surface area contributed by atoms with Crippen LogP contribution in [0.1, 0.15) is 18.4 Å². The Morgan fingerprint density at radius 1 is 1.22 bits per heavy atom. The summed E-state index contributed by atoms with van der Waals surface area (Å²) in [6.45, 7) is 0.615. The number of nitrogens with zero attached hydrogens (tertiary/aromatic N) is 2. The first kappa shape index (κ1) is 20.5. The van der Waals surface area contributed by atoms with Crippen molar-refractivity contribution in [2.24, 2.45) is 5.92 Å². The number of likely N-dealkylation sites (tertiary alicyclic amines) is 1. The maximum absolute atomic E-state index is 12.6. The second-order valence-electron chi connectivity index (χ2n) is 6.58. The van der Waals surface area contributed by atoms with Crippen molar-refractivity contribution < 1.29 is 29.0 Å². The normalized spacial score (nSPS) is 16.6. The number of likely N-dealkylation sites (N-methyl/N-ethyl adjacent to an activating group) is 1. The zero-order valence-corrected chi connectivity index (χ0v) is 15.9. The number of aliphatic carboxylic acids is 1. The molecule has 0 spiro atoms. The molecule has 1 saturated heterocycles. The second kappa shape index (κ2) is 9.25. The van der Waals surface area contributed by atoms with E-state index in [1.54, 1.807) is 25.2 Å². The number of rotatable bonds is 7. The van der Waals surface area contributed by atoms with Crippen LogP contribution in [0.25, 0.3) is 0 Å². The van der Waals surface area contributed by atoms with E-state index < -0.39 is 11.9 Å². The molecule has 1 aliphatic rings. The van der Waals surface area contributed by atoms with Crippen molar-refractivity contribution in [1.29, 1.82) is 0 Å². The molecule has 0 aliphatic carbocycles. The van der Waals surface area contributed by atoms with Crippen LogP contribution in [-0.4, -0.2) is 73.6 Å². The number of methoxy groups -OCH3 is 2. The smallest absolute Gasteiger partial charge is 0.308 e. The number of hydrogen-bond acceptors (Lipinski definition) is 5. The van der Waals surface area contributed by atoms with E-state index >= 15 is 0 Å². The summed E-state index contributed by atoms with van der Waals surface area (Å²) < 4.78 is 10.6. The van der Waals surface area contributed by atoms with Gasteiger partial charge in [0.25, 0.3) is 0 Å². The van der Waals surface area contributed by atoms with E-state index in [0.717, 1.165) is 0 Å². The van der Waals surface area contributed by atoms with E-state index in [2.05, 4.69) is 0 Å². The van der Waals surface area contributed by atoms with E-state index in [1.165, 1.54) is 24.0 Å². The molecule has 2 rings (SSSR count). The van der Waals surface area contributed by atoms with Crippen molar-refractivity contribution in [3.05, 3.63) is 23.8 Å². The van der Waals surface area contributed by atoms with Gasteiger partial charge in [0.15, 0.2) is 0 Å². The predicted octanol–water partition coefficient (Wildman–Crippen LogP) is 1.03. The van der Waals surface area contributed by atoms with Gasteiger partial charge in [0, 0.05) is 25.7 Å². The Bertz CT molecular complexity index is 683. The zero-order valence-electron chi connectivity index (χ0n) is 15.9. The largest absolute Gasteiger partial charge is 0.496 e. The molecule has 1 atom stereocenters. The molecule has 8 heteroatoms. The quantitative estimate of drug-likeness (QED) is 0.761. The Hall–Kier alpha value is -2.77. The minimum Gasteiger partial charge on any atom is -0.496 e. The lowest BCUT2D eigenvalue weighted by molar-refractivity contribution is -0.147. The maximum Gasteiger partial charge on any atom is 0.308 e. The van der Waals surface area contributed by atoms with Gasteiger partial charge in [0.2, 0.25) is 11.8 Å². The average molecular weight is 378 g/mol. The van der Waals surface area contributed by atoms with E-state index in [1.807, 2.05) is 0 Å². The van der Waals surface area contributed by atoms with Crippen LogP contribution in [0.2, 0.25) is 0 Å². The van der Waals surface area contributed by atoms with Crippen molar-refractivity contribution in [3.8, 4) is 11.5 Å². The van der Waals surface area contributed by atoms with Crippen molar-refractivity contribution >= 4 is 17.8 Å². The highest BCUT2D eigenvalue weighted by Gasteiger charge is 2.29. The van der Waals surface area contributed by atoms with Gasteiger partial charge in [0.05, 0.1) is 33.1 Å². The van der Waals surface area contributed by atoms with Crippen LogP contribution in [0, 0.1) is 5.92 Å². The summed E-state index contributed by atoms with van der Waals surface area (Å²) in [6, 6.07) is 5.26. The van der Waals surface area contributed by atoms with Gasteiger partial charge in [-0.3, -0.25) is 14.4 Å². The minimum absolute atomic E-state index is 0.0364. The third-order valence-electron chi connectivity index (χ3n) is 4.78. The van der Waals surface area contributed by atoms with Gasteiger partial charge in [-0.1, -0.05) is 6.07 Å². The molecular weight excluding hydrogens is 352 g/mol. The molecule has 1 aromatic carbocycles. The second-order valence-corrected chi connectivity index (χ2v) is 6.58. The Morgan fingerprint density at radius 3 is 2.41 bits per heavy atom. The van der Waals surface area contributed by atoms with Crippen LogP contribution >= 0.6 is 0 Å². The molecule has 1 aliphatic heterocycles. The third kappa shape index (κ3) is 5.12. The molecule has 148 valence electrons. The highest BCUT2D eigenvalue weighted by molar-refractivity contribution is 5.86. The number of carbonyl (C=O) groups excluding carboxylic acids is 2. The number of carboxylic acids is 1. The zero-order chi connectivity index (χ0) is 20.0. The van der Waals surface area contributed by atoms with Crippen LogP contribution in [-0.2, 0) is 20.8 Å². The van der Waals surface area contributed by atoms with Gasteiger partial charge >= 0.3 is 5.97 Å². The SMILES string of the molecule is COc1cccc(OC)c1CC(=O)N(C)CC(=O)N1CCCC(C(=O)O)C1. The monoisotopic (exact) mass is 378 g/mol. The molecule has 2 amide bonds. The predicted molar refractivity (Wildman–Crippen MR) is 97.8 cm³/mol. The summed E-state index contributed by atoms with van der Waals surface area (Å²) >= 11 is 0. The molecule has 1 unspecified atom stereocenters. The minimum atomic E-state index is -0.889. The first-order valence-electron chi connectivity index (χ1n) is 8.81. The maximum atomic E-state index is 12.6. The number of hydrogen-bond donors (Lipinski definition) is 1. The number of piperidine rings is 1. The Labute approximate surface area is 158 Å². The molecule has 1 aromatic rings. The highest BCUT2D eigenvalue weighted by Crippen LogP contribution is 2.29. The van der Waals surface area contributed by atoms with Crippen LogP contribution in [0.4, 0.5) is 0 Å². The molecule has 0 saturated carbocycles. The van der Waals surface area contributed by atoms with Crippen LogP contribution in [0.3, 0.4) is 0 Å². The van der Waals surface area contributed by atoms with Crippen LogP contribution in [0.5, 0.6) is 11.5 Å². The van der Waals surface area contributed by atoms with Gasteiger partial charge in [-0.25, -0.2) is 0 Å². The molecule has 8 nitrogen and oxygen atoms in total. The molecule has 27 heavy (non-hydrogen) atoms. The van der Waals surface area contributed by atoms with Gasteiger partial charge in [-0.05, 0) is 25.0 Å². The number of benzene rings is 1. The van der Waals surface area contributed by atoms with E-state index in [9.17, 15) is 14.4 Å². The summed E-state index contributed by atoms with van der Waals surface area (Å²) in [7, 11) is 4.59. The highest BCUT2D eigenvalue weighted by atomic mass is 16.5. The Balaban J connectivity index is 2.00. The third-order valence-corrected chi connectivity index (χ3v) is 4.78. The van der Waals surface area contributed by atoms with Gasteiger partial charge in [-0.15, -0.1) is 0 Å². The van der Waals surface area contributed by atoms with E-state index in [-0.39, 0.29) is 31.3 Å². The fourth-order valence-corrected chi connectivity index (χ4v) is 3.18. The van der Waals surface area contributed by atoms with Crippen molar-refractivity contribution in [1.82, 2.24) is 9.80 Å². The van der Waals surface area contributed by atoms with E-state index in [0.29, 0.717) is 36.4 Å². The molecule has 1 heterocycles. The number of carbonyl (C=O) groups is 3. The number of ether oxygens (including phenoxy) is 2. The fraction of sp³-hybridized carbons (Fsp3) is 0.526. The molecular formula is C19H26N2O6. The van der Waals surface area contributed by atoms with Crippen molar-refractivity contribution in [2.45, 2.75) is 19.3 Å². The lowest BCUT2D eigenvalue weighted by Gasteiger charge is -2.32. The van der Waals surface area contributed by atoms with Crippen molar-refractivity contribution in [3.63, 3.8) is 0 Å². The molecule has 1 fully saturated rings. The lowest BCUT2D eigenvalue weighted by Crippen LogP contribution is -2.47. The summed E-state index contributed by atoms with van der Waals surface area (Å²) in [4.78, 5) is 39.1. The molecule has 0 aromatic heterocycles. The topological polar surface area (TPSA) is 96.4 Å². The van der Waals surface area contributed by atoms with Crippen molar-refractivity contribution in [2.75, 3.05) is 40.9 Å². The van der Waals surface area contributed by atoms with E-state index in [4.69, 9.17) is 14.6 Å². The van der Waals surface area contributed by atoms with Gasteiger partial charge in [0.1, 0.15) is 11.5 Å². The molecule has 0 radical (unpaired) electrons. The standard InChI is InChI=1S/C19H26N2O6/c1-20(12-18(23)21-9-5-6-13(11-21)19(24)25)17(22)10-14-15(26-2)7-4-8-16(14)27-3/h4,7-8,13H,5-6,9-12H2,1-3H3,(H,24,25). The lowest BCUT2D eigenvalue weighted by atomic mass is 9.98. The summed E-state index contributed by atoms with van der Waals surface area (Å²) in [5.74, 6) is -0.839. The first-order chi connectivity index (χ1) is 12.9. The van der Waals surface area contributed by atoms with Crippen LogP contribution < -0.4 is 9.47 Å². The van der Waals surface area contributed by atoms with Gasteiger partial charge < -0.3 is 24.4 Å². The van der Waals surface area contributed by atoms with Crippen LogP contribution in [0.15, 0.2) is 18.2 Å². The summed E-state index contributed by atoms with van der Waals surface area (Å²) in [6.07, 6.45) is 1.26. The molecule has 0 bridgehead atoms. The average Bonchev–Trinajstić information content (AvgIpc) is 2.67. The number of amides is 2. The Kier molecular flexibility index (Phi) is 7.04.